The van der Waals surface area contributed by atoms with Gasteiger partial charge >= 0.3 is 0 Å². The fourth-order valence-corrected chi connectivity index (χ4v) is 8.46. The zero-order chi connectivity index (χ0) is 36.6. The summed E-state index contributed by atoms with van der Waals surface area (Å²) in [7, 11) is 0. The Morgan fingerprint density at radius 2 is 0.691 bits per heavy atom. The third-order valence-corrected chi connectivity index (χ3v) is 11.3. The van der Waals surface area contributed by atoms with Gasteiger partial charge in [-0.25, -0.2) is 15.0 Å². The second kappa shape index (κ2) is 14.1. The number of nitrogens with zero attached hydrogens (tertiary/aromatic N) is 3. The van der Waals surface area contributed by atoms with Gasteiger partial charge in [-0.2, -0.15) is 0 Å². The summed E-state index contributed by atoms with van der Waals surface area (Å²) in [6.45, 7) is 0. The van der Waals surface area contributed by atoms with E-state index in [1.807, 2.05) is 23.5 Å². The van der Waals surface area contributed by atoms with Crippen molar-refractivity contribution >= 4 is 31.5 Å². The number of hydrogen-bond acceptors (Lipinski definition) is 4. The van der Waals surface area contributed by atoms with Gasteiger partial charge in [0.25, 0.3) is 0 Å². The molecular formula is C51H33N3S. The lowest BCUT2D eigenvalue weighted by Crippen LogP contribution is -2.01. The lowest BCUT2D eigenvalue weighted by molar-refractivity contribution is 1.07. The van der Waals surface area contributed by atoms with Gasteiger partial charge in [0.05, 0.1) is 0 Å². The molecule has 2 aromatic heterocycles. The Balaban J connectivity index is 1.09. The summed E-state index contributed by atoms with van der Waals surface area (Å²) in [6, 6.07) is 70.5. The normalized spacial score (nSPS) is 11.3. The van der Waals surface area contributed by atoms with E-state index in [4.69, 9.17) is 15.0 Å². The van der Waals surface area contributed by atoms with E-state index in [1.165, 1.54) is 31.3 Å². The molecule has 0 unspecified atom stereocenters. The Bertz CT molecular complexity index is 2970. The molecule has 10 aromatic rings. The number of benzene rings is 8. The quantitative estimate of drug-likeness (QED) is 0.165. The molecule has 0 spiro atoms. The van der Waals surface area contributed by atoms with Crippen molar-refractivity contribution in [2.75, 3.05) is 0 Å². The molecule has 4 heteroatoms. The van der Waals surface area contributed by atoms with Crippen molar-refractivity contribution in [2.45, 2.75) is 0 Å². The first-order chi connectivity index (χ1) is 27.2. The summed E-state index contributed by atoms with van der Waals surface area (Å²) < 4.78 is 2.59. The molecule has 3 nitrogen and oxygen atoms in total. The molecule has 0 N–H and O–H groups in total. The lowest BCUT2D eigenvalue weighted by atomic mass is 9.98. The summed E-state index contributed by atoms with van der Waals surface area (Å²) >= 11 is 1.84. The predicted octanol–water partition coefficient (Wildman–Crippen LogP) is 13.9. The molecule has 0 saturated carbocycles. The van der Waals surface area contributed by atoms with Gasteiger partial charge in [-0.15, -0.1) is 11.3 Å². The van der Waals surface area contributed by atoms with Crippen LogP contribution in [0.3, 0.4) is 0 Å². The number of aromatic nitrogens is 3. The monoisotopic (exact) mass is 719 g/mol. The first-order valence-corrected chi connectivity index (χ1v) is 19.2. The van der Waals surface area contributed by atoms with E-state index in [9.17, 15) is 0 Å². The van der Waals surface area contributed by atoms with E-state index in [-0.39, 0.29) is 0 Å². The van der Waals surface area contributed by atoms with Gasteiger partial charge in [-0.05, 0) is 74.8 Å². The first kappa shape index (κ1) is 32.6. The molecule has 0 bridgehead atoms. The molecule has 10 rings (SSSR count). The fraction of sp³-hybridized carbons (Fsp3) is 0. The second-order valence-corrected chi connectivity index (χ2v) is 14.7. The largest absolute Gasteiger partial charge is 0.208 e. The maximum Gasteiger partial charge on any atom is 0.164 e. The van der Waals surface area contributed by atoms with E-state index in [0.29, 0.717) is 17.5 Å². The summed E-state index contributed by atoms with van der Waals surface area (Å²) in [4.78, 5) is 15.6. The molecule has 0 aliphatic rings. The van der Waals surface area contributed by atoms with Gasteiger partial charge in [0.1, 0.15) is 0 Å². The van der Waals surface area contributed by atoms with Crippen molar-refractivity contribution in [3.63, 3.8) is 0 Å². The van der Waals surface area contributed by atoms with E-state index in [2.05, 4.69) is 188 Å². The molecular weight excluding hydrogens is 687 g/mol. The smallest absolute Gasteiger partial charge is 0.164 e. The molecule has 0 saturated heterocycles. The van der Waals surface area contributed by atoms with E-state index >= 15 is 0 Å². The molecule has 0 fully saturated rings. The maximum atomic E-state index is 5.20. The Morgan fingerprint density at radius 1 is 0.255 bits per heavy atom. The van der Waals surface area contributed by atoms with Gasteiger partial charge in [-0.3, -0.25) is 0 Å². The Hall–Kier alpha value is -7.01. The van der Waals surface area contributed by atoms with Gasteiger partial charge in [-0.1, -0.05) is 170 Å². The highest BCUT2D eigenvalue weighted by Crippen LogP contribution is 2.38. The first-order valence-electron chi connectivity index (χ1n) is 18.4. The minimum atomic E-state index is 0.627. The van der Waals surface area contributed by atoms with Crippen molar-refractivity contribution in [1.82, 2.24) is 15.0 Å². The van der Waals surface area contributed by atoms with Crippen LogP contribution >= 0.6 is 11.3 Å². The molecule has 55 heavy (non-hydrogen) atoms. The van der Waals surface area contributed by atoms with Crippen LogP contribution in [0.1, 0.15) is 0 Å². The summed E-state index contributed by atoms with van der Waals surface area (Å²) in [6.07, 6.45) is 0. The van der Waals surface area contributed by atoms with Gasteiger partial charge in [0, 0.05) is 36.9 Å². The van der Waals surface area contributed by atoms with Crippen LogP contribution in [-0.2, 0) is 0 Å². The zero-order valence-electron chi connectivity index (χ0n) is 29.8. The highest BCUT2D eigenvalue weighted by atomic mass is 32.1. The minimum Gasteiger partial charge on any atom is -0.208 e. The molecule has 0 atom stereocenters. The second-order valence-electron chi connectivity index (χ2n) is 13.6. The van der Waals surface area contributed by atoms with Crippen molar-refractivity contribution < 1.29 is 0 Å². The van der Waals surface area contributed by atoms with Crippen LogP contribution in [-0.4, -0.2) is 15.0 Å². The summed E-state index contributed by atoms with van der Waals surface area (Å²) in [5.41, 5.74) is 11.9. The molecule has 0 radical (unpaired) electrons. The standard InChI is InChI=1S/C51H33N3S/c1-3-13-34(14-4-1)35-25-27-36(28-26-35)38-17-11-19-41(31-38)49-52-50(54-51(53-49)45-23-8-7-21-43(45)37-15-5-2-6-16-37)42-20-12-18-39(32-42)40-29-30-48-46(33-40)44-22-9-10-24-47(44)55-48/h1-33H. The SMILES string of the molecule is c1ccc(-c2ccc(-c3cccc(-c4nc(-c5cccc(-c6ccc7sc8ccccc8c7c6)c5)nc(-c5ccccc5-c5ccccc5)n4)c3)cc2)cc1. The predicted molar refractivity (Wildman–Crippen MR) is 231 cm³/mol. The van der Waals surface area contributed by atoms with Crippen molar-refractivity contribution in [3.05, 3.63) is 200 Å². The number of thiophene rings is 1. The lowest BCUT2D eigenvalue weighted by Gasteiger charge is -2.13. The van der Waals surface area contributed by atoms with Crippen LogP contribution in [0.5, 0.6) is 0 Å². The average molecular weight is 720 g/mol. The van der Waals surface area contributed by atoms with Crippen LogP contribution in [0, 0.1) is 0 Å². The molecule has 8 aromatic carbocycles. The van der Waals surface area contributed by atoms with Gasteiger partial charge < -0.3 is 0 Å². The van der Waals surface area contributed by atoms with Crippen LogP contribution in [0.2, 0.25) is 0 Å². The Kier molecular flexibility index (Phi) is 8.36. The van der Waals surface area contributed by atoms with E-state index in [1.54, 1.807) is 0 Å². The number of rotatable bonds is 7. The molecule has 0 aliphatic carbocycles. The molecule has 2 heterocycles. The van der Waals surface area contributed by atoms with Gasteiger partial charge in [0.2, 0.25) is 0 Å². The Labute approximate surface area is 323 Å². The van der Waals surface area contributed by atoms with Crippen molar-refractivity contribution in [1.29, 1.82) is 0 Å². The number of fused-ring (bicyclic) bond motifs is 3. The maximum absolute atomic E-state index is 5.20. The summed E-state index contributed by atoms with van der Waals surface area (Å²) in [5, 5.41) is 2.57. The van der Waals surface area contributed by atoms with E-state index in [0.717, 1.165) is 50.1 Å². The van der Waals surface area contributed by atoms with Crippen LogP contribution < -0.4 is 0 Å². The van der Waals surface area contributed by atoms with Crippen LogP contribution in [0.15, 0.2) is 200 Å². The number of hydrogen-bond donors (Lipinski definition) is 0. The average Bonchev–Trinajstić information content (AvgIpc) is 3.65. The zero-order valence-corrected chi connectivity index (χ0v) is 30.6. The van der Waals surface area contributed by atoms with Crippen LogP contribution in [0.4, 0.5) is 0 Å². The van der Waals surface area contributed by atoms with Crippen molar-refractivity contribution in [2.24, 2.45) is 0 Å². The third-order valence-electron chi connectivity index (χ3n) is 10.2. The Morgan fingerprint density at radius 3 is 1.38 bits per heavy atom. The minimum absolute atomic E-state index is 0.627. The van der Waals surface area contributed by atoms with Crippen LogP contribution in [0.25, 0.3) is 98.8 Å². The fourth-order valence-electron chi connectivity index (χ4n) is 7.37. The molecule has 258 valence electrons. The molecule has 0 aliphatic heterocycles. The van der Waals surface area contributed by atoms with E-state index < -0.39 is 0 Å². The summed E-state index contributed by atoms with van der Waals surface area (Å²) in [5.74, 6) is 1.89. The topological polar surface area (TPSA) is 38.7 Å². The van der Waals surface area contributed by atoms with Gasteiger partial charge in [0.15, 0.2) is 17.5 Å². The highest BCUT2D eigenvalue weighted by molar-refractivity contribution is 7.25. The van der Waals surface area contributed by atoms with Crippen molar-refractivity contribution in [3.8, 4) is 78.7 Å². The third kappa shape index (κ3) is 6.39. The highest BCUT2D eigenvalue weighted by Gasteiger charge is 2.17. The molecule has 0 amide bonds.